The van der Waals surface area contributed by atoms with Gasteiger partial charge in [-0.25, -0.2) is 0 Å². The van der Waals surface area contributed by atoms with Crippen LogP contribution in [0.2, 0.25) is 5.02 Å². The summed E-state index contributed by atoms with van der Waals surface area (Å²) in [6, 6.07) is 13.5. The summed E-state index contributed by atoms with van der Waals surface area (Å²) < 4.78 is 5.35. The number of hydrogen-bond acceptors (Lipinski definition) is 4. The number of carbonyl (C=O) groups is 3. The third kappa shape index (κ3) is 5.51. The molecule has 0 unspecified atom stereocenters. The molecule has 1 heterocycles. The van der Waals surface area contributed by atoms with Crippen molar-refractivity contribution in [2.45, 2.75) is 6.92 Å². The van der Waals surface area contributed by atoms with Crippen LogP contribution >= 0.6 is 11.6 Å². The Balaban J connectivity index is 1.45. The Morgan fingerprint density at radius 3 is 2.07 bits per heavy atom. The van der Waals surface area contributed by atoms with Crippen molar-refractivity contribution in [3.05, 3.63) is 64.7 Å². The van der Waals surface area contributed by atoms with Crippen molar-refractivity contribution >= 4 is 29.3 Å². The van der Waals surface area contributed by atoms with Gasteiger partial charge in [-0.1, -0.05) is 11.6 Å². The van der Waals surface area contributed by atoms with Gasteiger partial charge < -0.3 is 19.9 Å². The maximum atomic E-state index is 12.5. The van der Waals surface area contributed by atoms with Crippen molar-refractivity contribution in [1.29, 1.82) is 0 Å². The number of halogens is 1. The van der Waals surface area contributed by atoms with Crippen LogP contribution in [-0.4, -0.2) is 66.9 Å². The van der Waals surface area contributed by atoms with Gasteiger partial charge in [0.1, 0.15) is 5.75 Å². The Morgan fingerprint density at radius 2 is 1.47 bits per heavy atom. The van der Waals surface area contributed by atoms with Crippen LogP contribution in [0.3, 0.4) is 0 Å². The third-order valence-corrected chi connectivity index (χ3v) is 5.09. The number of rotatable bonds is 6. The molecule has 0 radical (unpaired) electrons. The van der Waals surface area contributed by atoms with E-state index in [1.165, 1.54) is 0 Å². The number of nitrogens with zero attached hydrogens (tertiary/aromatic N) is 2. The first-order valence-electron chi connectivity index (χ1n) is 9.81. The van der Waals surface area contributed by atoms with E-state index in [1.807, 2.05) is 6.92 Å². The Morgan fingerprint density at radius 1 is 0.900 bits per heavy atom. The average molecular weight is 430 g/mol. The van der Waals surface area contributed by atoms with Crippen LogP contribution in [0.1, 0.15) is 27.6 Å². The zero-order valence-corrected chi connectivity index (χ0v) is 17.5. The van der Waals surface area contributed by atoms with Crippen LogP contribution < -0.4 is 10.1 Å². The molecule has 0 aromatic heterocycles. The SMILES string of the molecule is CCOc1ccc(C(=O)NCC(=O)N2CCN(C(=O)c3ccc(Cl)cc3)CC2)cc1. The number of hydrogen-bond donors (Lipinski definition) is 1. The van der Waals surface area contributed by atoms with E-state index < -0.39 is 0 Å². The highest BCUT2D eigenvalue weighted by Crippen LogP contribution is 2.14. The number of carbonyl (C=O) groups excluding carboxylic acids is 3. The Labute approximate surface area is 180 Å². The number of ether oxygens (including phenoxy) is 1. The molecule has 2 aromatic carbocycles. The molecule has 0 bridgehead atoms. The molecule has 2 aromatic rings. The van der Waals surface area contributed by atoms with E-state index in [4.69, 9.17) is 16.3 Å². The largest absolute Gasteiger partial charge is 0.494 e. The van der Waals surface area contributed by atoms with Gasteiger partial charge >= 0.3 is 0 Å². The first-order valence-corrected chi connectivity index (χ1v) is 10.2. The Kier molecular flexibility index (Phi) is 7.30. The normalized spacial score (nSPS) is 13.7. The van der Waals surface area contributed by atoms with Crippen LogP contribution in [0, 0.1) is 0 Å². The highest BCUT2D eigenvalue weighted by atomic mass is 35.5. The Hall–Kier alpha value is -3.06. The lowest BCUT2D eigenvalue weighted by Gasteiger charge is -2.34. The van der Waals surface area contributed by atoms with Crippen LogP contribution in [0.5, 0.6) is 5.75 Å². The maximum Gasteiger partial charge on any atom is 0.253 e. The van der Waals surface area contributed by atoms with Gasteiger partial charge in [-0.3, -0.25) is 14.4 Å². The van der Waals surface area contributed by atoms with Crippen molar-refractivity contribution in [3.8, 4) is 5.75 Å². The summed E-state index contributed by atoms with van der Waals surface area (Å²) in [5.41, 5.74) is 1.03. The van der Waals surface area contributed by atoms with Gasteiger partial charge in [0, 0.05) is 42.3 Å². The molecular formula is C22H24ClN3O4. The zero-order chi connectivity index (χ0) is 21.5. The molecule has 1 N–H and O–H groups in total. The summed E-state index contributed by atoms with van der Waals surface area (Å²) in [6.45, 7) is 4.10. The minimum Gasteiger partial charge on any atom is -0.494 e. The summed E-state index contributed by atoms with van der Waals surface area (Å²) >= 11 is 5.86. The summed E-state index contributed by atoms with van der Waals surface area (Å²) in [4.78, 5) is 40.6. The van der Waals surface area contributed by atoms with Crippen LogP contribution in [0.15, 0.2) is 48.5 Å². The first kappa shape index (κ1) is 21.6. The molecule has 8 heteroatoms. The van der Waals surface area contributed by atoms with Crippen molar-refractivity contribution < 1.29 is 19.1 Å². The molecule has 0 atom stereocenters. The van der Waals surface area contributed by atoms with Gasteiger partial charge in [-0.05, 0) is 55.5 Å². The summed E-state index contributed by atoms with van der Waals surface area (Å²) in [7, 11) is 0. The van der Waals surface area contributed by atoms with Gasteiger partial charge in [0.15, 0.2) is 0 Å². The number of nitrogens with one attached hydrogen (secondary N) is 1. The van der Waals surface area contributed by atoms with Gasteiger partial charge in [-0.2, -0.15) is 0 Å². The molecule has 0 spiro atoms. The molecule has 3 amide bonds. The van der Waals surface area contributed by atoms with E-state index in [0.717, 1.165) is 0 Å². The van der Waals surface area contributed by atoms with Gasteiger partial charge in [0.2, 0.25) is 5.91 Å². The lowest BCUT2D eigenvalue weighted by Crippen LogP contribution is -2.52. The highest BCUT2D eigenvalue weighted by Gasteiger charge is 2.25. The quantitative estimate of drug-likeness (QED) is 0.765. The fourth-order valence-electron chi connectivity index (χ4n) is 3.17. The van der Waals surface area contributed by atoms with Crippen LogP contribution in [0.25, 0.3) is 0 Å². The molecule has 0 saturated carbocycles. The number of piperazine rings is 1. The van der Waals surface area contributed by atoms with Gasteiger partial charge in [-0.15, -0.1) is 0 Å². The second-order valence-electron chi connectivity index (χ2n) is 6.82. The third-order valence-electron chi connectivity index (χ3n) is 4.84. The molecule has 158 valence electrons. The molecule has 1 aliphatic rings. The lowest BCUT2D eigenvalue weighted by molar-refractivity contribution is -0.131. The summed E-state index contributed by atoms with van der Waals surface area (Å²) in [6.07, 6.45) is 0. The fourth-order valence-corrected chi connectivity index (χ4v) is 3.30. The molecule has 30 heavy (non-hydrogen) atoms. The lowest BCUT2D eigenvalue weighted by atomic mass is 10.2. The molecule has 1 fully saturated rings. The van der Waals surface area contributed by atoms with Crippen LogP contribution in [-0.2, 0) is 4.79 Å². The summed E-state index contributed by atoms with van der Waals surface area (Å²) in [5.74, 6) is 0.120. The number of benzene rings is 2. The minimum atomic E-state index is -0.317. The van der Waals surface area contributed by atoms with Gasteiger partial charge in [0.05, 0.1) is 13.2 Å². The predicted octanol–water partition coefficient (Wildman–Crippen LogP) is 2.45. The highest BCUT2D eigenvalue weighted by molar-refractivity contribution is 6.30. The fraction of sp³-hybridized carbons (Fsp3) is 0.318. The van der Waals surface area contributed by atoms with E-state index in [2.05, 4.69) is 5.32 Å². The van der Waals surface area contributed by atoms with Crippen LogP contribution in [0.4, 0.5) is 0 Å². The van der Waals surface area contributed by atoms with E-state index in [0.29, 0.717) is 54.7 Å². The predicted molar refractivity (Wildman–Crippen MR) is 114 cm³/mol. The Bertz CT molecular complexity index is 892. The second-order valence-corrected chi connectivity index (χ2v) is 7.26. The van der Waals surface area contributed by atoms with E-state index in [9.17, 15) is 14.4 Å². The second kappa shape index (κ2) is 10.1. The average Bonchev–Trinajstić information content (AvgIpc) is 2.78. The monoisotopic (exact) mass is 429 g/mol. The van der Waals surface area contributed by atoms with Gasteiger partial charge in [0.25, 0.3) is 11.8 Å². The van der Waals surface area contributed by atoms with Crippen molar-refractivity contribution in [3.63, 3.8) is 0 Å². The molecule has 1 aliphatic heterocycles. The molecular weight excluding hydrogens is 406 g/mol. The molecule has 0 aliphatic carbocycles. The van der Waals surface area contributed by atoms with E-state index >= 15 is 0 Å². The topological polar surface area (TPSA) is 79.0 Å². The number of amides is 3. The van der Waals surface area contributed by atoms with E-state index in [-0.39, 0.29) is 24.3 Å². The van der Waals surface area contributed by atoms with Crippen molar-refractivity contribution in [2.24, 2.45) is 0 Å². The molecule has 7 nitrogen and oxygen atoms in total. The molecule has 3 rings (SSSR count). The maximum absolute atomic E-state index is 12.5. The van der Waals surface area contributed by atoms with Crippen molar-refractivity contribution in [2.75, 3.05) is 39.3 Å². The minimum absolute atomic E-state index is 0.0810. The molecule has 1 saturated heterocycles. The summed E-state index contributed by atoms with van der Waals surface area (Å²) in [5, 5.41) is 3.23. The van der Waals surface area contributed by atoms with E-state index in [1.54, 1.807) is 58.3 Å². The standard InChI is InChI=1S/C22H24ClN3O4/c1-2-30-19-9-5-16(6-10-19)21(28)24-15-20(27)25-11-13-26(14-12-25)22(29)17-3-7-18(23)8-4-17/h3-10H,2,11-15H2,1H3,(H,24,28). The first-order chi connectivity index (χ1) is 14.5. The van der Waals surface area contributed by atoms with Crippen molar-refractivity contribution in [1.82, 2.24) is 15.1 Å². The zero-order valence-electron chi connectivity index (χ0n) is 16.8. The smallest absolute Gasteiger partial charge is 0.253 e.